The van der Waals surface area contributed by atoms with E-state index in [9.17, 15) is 0 Å². The maximum Gasteiger partial charge on any atom is 0.128 e. The van der Waals surface area contributed by atoms with Gasteiger partial charge < -0.3 is 0 Å². The molecule has 0 unspecified atom stereocenters. The van der Waals surface area contributed by atoms with Crippen LogP contribution in [0.1, 0.15) is 19.7 Å². The van der Waals surface area contributed by atoms with E-state index < -0.39 is 0 Å². The molecule has 0 N–H and O–H groups in total. The van der Waals surface area contributed by atoms with E-state index in [2.05, 4.69) is 23.8 Å². The Hall–Kier alpha value is -0.630. The van der Waals surface area contributed by atoms with Gasteiger partial charge in [-0.3, -0.25) is 0 Å². The van der Waals surface area contributed by atoms with Crippen LogP contribution < -0.4 is 0 Å². The van der Waals surface area contributed by atoms with Gasteiger partial charge in [-0.25, -0.2) is 9.97 Å². The van der Waals surface area contributed by atoms with E-state index in [0.717, 1.165) is 12.2 Å². The molecule has 0 aromatic carbocycles. The first-order chi connectivity index (χ1) is 5.18. The molecular weight excluding hydrogens is 160 g/mol. The van der Waals surface area contributed by atoms with Crippen LogP contribution in [0.4, 0.5) is 0 Å². The molecule has 60 valence electrons. The Morgan fingerprint density at radius 2 is 1.91 bits per heavy atom. The van der Waals surface area contributed by atoms with E-state index in [-0.39, 0.29) is 0 Å². The quantitative estimate of drug-likeness (QED) is 0.681. The Bertz CT molecular complexity index is 218. The summed E-state index contributed by atoms with van der Waals surface area (Å²) in [6, 6.07) is 0. The van der Waals surface area contributed by atoms with Gasteiger partial charge in [0.1, 0.15) is 5.82 Å². The maximum absolute atomic E-state index is 5.62. The van der Waals surface area contributed by atoms with E-state index in [4.69, 9.17) is 11.6 Å². The molecule has 11 heavy (non-hydrogen) atoms. The van der Waals surface area contributed by atoms with Gasteiger partial charge in [-0.1, -0.05) is 25.4 Å². The molecule has 1 rings (SSSR count). The highest BCUT2D eigenvalue weighted by molar-refractivity contribution is 6.30. The van der Waals surface area contributed by atoms with Crippen molar-refractivity contribution < 1.29 is 0 Å². The third-order valence-electron chi connectivity index (χ3n) is 1.26. The first kappa shape index (κ1) is 8.47. The summed E-state index contributed by atoms with van der Waals surface area (Å²) in [7, 11) is 0. The number of rotatable bonds is 2. The number of hydrogen-bond acceptors (Lipinski definition) is 2. The molecule has 0 saturated carbocycles. The van der Waals surface area contributed by atoms with Crippen LogP contribution >= 0.6 is 11.6 Å². The minimum absolute atomic E-state index is 0.594. The fraction of sp³-hybridized carbons (Fsp3) is 0.500. The first-order valence-corrected chi connectivity index (χ1v) is 4.02. The summed E-state index contributed by atoms with van der Waals surface area (Å²) in [5.41, 5.74) is 0. The number of hydrogen-bond donors (Lipinski definition) is 0. The zero-order valence-electron chi connectivity index (χ0n) is 6.71. The molecule has 1 heterocycles. The molecule has 0 radical (unpaired) electrons. The number of nitrogens with zero attached hydrogens (tertiary/aromatic N) is 2. The highest BCUT2D eigenvalue weighted by Crippen LogP contribution is 2.06. The van der Waals surface area contributed by atoms with Gasteiger partial charge in [-0.05, 0) is 5.92 Å². The van der Waals surface area contributed by atoms with Crippen LogP contribution in [0.25, 0.3) is 0 Å². The average Bonchev–Trinajstić information content (AvgIpc) is 1.93. The van der Waals surface area contributed by atoms with E-state index in [0.29, 0.717) is 10.9 Å². The topological polar surface area (TPSA) is 25.8 Å². The van der Waals surface area contributed by atoms with Crippen molar-refractivity contribution in [2.45, 2.75) is 20.3 Å². The fourth-order valence-corrected chi connectivity index (χ4v) is 0.907. The standard InChI is InChI=1S/C8H11ClN2/c1-6(2)3-8-10-4-7(9)5-11-8/h4-6H,3H2,1-2H3. The van der Waals surface area contributed by atoms with Crippen molar-refractivity contribution in [3.63, 3.8) is 0 Å². The van der Waals surface area contributed by atoms with Crippen molar-refractivity contribution in [2.75, 3.05) is 0 Å². The van der Waals surface area contributed by atoms with Crippen molar-refractivity contribution in [3.05, 3.63) is 23.2 Å². The van der Waals surface area contributed by atoms with Crippen molar-refractivity contribution >= 4 is 11.6 Å². The van der Waals surface area contributed by atoms with Gasteiger partial charge in [0, 0.05) is 18.8 Å². The molecule has 0 spiro atoms. The Morgan fingerprint density at radius 3 is 2.36 bits per heavy atom. The summed E-state index contributed by atoms with van der Waals surface area (Å²) in [6.07, 6.45) is 4.18. The summed E-state index contributed by atoms with van der Waals surface area (Å²) < 4.78 is 0. The third-order valence-corrected chi connectivity index (χ3v) is 1.46. The van der Waals surface area contributed by atoms with E-state index in [1.54, 1.807) is 12.4 Å². The van der Waals surface area contributed by atoms with Crippen LogP contribution in [0.15, 0.2) is 12.4 Å². The molecule has 2 nitrogen and oxygen atoms in total. The van der Waals surface area contributed by atoms with Crippen LogP contribution in [0, 0.1) is 5.92 Å². The lowest BCUT2D eigenvalue weighted by molar-refractivity contribution is 0.620. The highest BCUT2D eigenvalue weighted by atomic mass is 35.5. The number of aromatic nitrogens is 2. The van der Waals surface area contributed by atoms with Gasteiger partial charge in [-0.2, -0.15) is 0 Å². The van der Waals surface area contributed by atoms with Gasteiger partial charge in [0.15, 0.2) is 0 Å². The Balaban J connectivity index is 2.66. The lowest BCUT2D eigenvalue weighted by Crippen LogP contribution is -1.99. The van der Waals surface area contributed by atoms with Crippen LogP contribution in [-0.4, -0.2) is 9.97 Å². The van der Waals surface area contributed by atoms with E-state index in [1.807, 2.05) is 0 Å². The van der Waals surface area contributed by atoms with Crippen molar-refractivity contribution in [3.8, 4) is 0 Å². The molecule has 0 atom stereocenters. The normalized spacial score (nSPS) is 10.5. The molecule has 1 aromatic heterocycles. The van der Waals surface area contributed by atoms with Crippen molar-refractivity contribution in [1.82, 2.24) is 9.97 Å². The Morgan fingerprint density at radius 1 is 1.36 bits per heavy atom. The van der Waals surface area contributed by atoms with Crippen molar-refractivity contribution in [2.24, 2.45) is 5.92 Å². The molecule has 0 amide bonds. The van der Waals surface area contributed by atoms with Gasteiger partial charge in [0.05, 0.1) is 5.02 Å². The largest absolute Gasteiger partial charge is 0.240 e. The second kappa shape index (κ2) is 3.67. The van der Waals surface area contributed by atoms with E-state index >= 15 is 0 Å². The predicted molar refractivity (Wildman–Crippen MR) is 45.6 cm³/mol. The van der Waals surface area contributed by atoms with Crippen molar-refractivity contribution in [1.29, 1.82) is 0 Å². The lowest BCUT2D eigenvalue weighted by Gasteiger charge is -2.01. The third kappa shape index (κ3) is 2.85. The summed E-state index contributed by atoms with van der Waals surface area (Å²) >= 11 is 5.62. The smallest absolute Gasteiger partial charge is 0.128 e. The molecule has 0 saturated heterocycles. The minimum atomic E-state index is 0.594. The molecule has 0 aliphatic heterocycles. The van der Waals surface area contributed by atoms with Crippen LogP contribution in [0.5, 0.6) is 0 Å². The van der Waals surface area contributed by atoms with Crippen LogP contribution in [-0.2, 0) is 6.42 Å². The summed E-state index contributed by atoms with van der Waals surface area (Å²) in [4.78, 5) is 8.15. The second-order valence-electron chi connectivity index (χ2n) is 2.92. The van der Waals surface area contributed by atoms with Crippen LogP contribution in [0.2, 0.25) is 5.02 Å². The number of halogens is 1. The maximum atomic E-state index is 5.62. The van der Waals surface area contributed by atoms with Gasteiger partial charge in [0.2, 0.25) is 0 Å². The predicted octanol–water partition coefficient (Wildman–Crippen LogP) is 2.33. The second-order valence-corrected chi connectivity index (χ2v) is 3.35. The summed E-state index contributed by atoms with van der Waals surface area (Å²) in [6.45, 7) is 4.27. The van der Waals surface area contributed by atoms with Crippen LogP contribution in [0.3, 0.4) is 0 Å². The summed E-state index contributed by atoms with van der Waals surface area (Å²) in [5.74, 6) is 1.46. The van der Waals surface area contributed by atoms with Gasteiger partial charge >= 0.3 is 0 Å². The molecule has 3 heteroatoms. The molecule has 0 fully saturated rings. The molecular formula is C8H11ClN2. The average molecular weight is 171 g/mol. The monoisotopic (exact) mass is 170 g/mol. The highest BCUT2D eigenvalue weighted by Gasteiger charge is 1.99. The zero-order chi connectivity index (χ0) is 8.27. The fourth-order valence-electron chi connectivity index (χ4n) is 0.810. The zero-order valence-corrected chi connectivity index (χ0v) is 7.47. The molecule has 1 aromatic rings. The van der Waals surface area contributed by atoms with E-state index in [1.165, 1.54) is 0 Å². The SMILES string of the molecule is CC(C)Cc1ncc(Cl)cn1. The minimum Gasteiger partial charge on any atom is -0.240 e. The molecule has 0 aliphatic rings. The van der Waals surface area contributed by atoms with Gasteiger partial charge in [0.25, 0.3) is 0 Å². The molecule has 0 bridgehead atoms. The Labute approximate surface area is 71.6 Å². The van der Waals surface area contributed by atoms with Gasteiger partial charge in [-0.15, -0.1) is 0 Å². The first-order valence-electron chi connectivity index (χ1n) is 3.65. The lowest BCUT2D eigenvalue weighted by atomic mass is 10.1. The Kier molecular flexibility index (Phi) is 2.83. The summed E-state index contributed by atoms with van der Waals surface area (Å²) in [5, 5.41) is 0.595. The molecule has 0 aliphatic carbocycles.